The van der Waals surface area contributed by atoms with Crippen molar-refractivity contribution in [3.63, 3.8) is 0 Å². The van der Waals surface area contributed by atoms with Crippen molar-refractivity contribution >= 4 is 11.6 Å². The second-order valence-electron chi connectivity index (χ2n) is 5.28. The molecule has 3 rings (SSSR count). The van der Waals surface area contributed by atoms with Gasteiger partial charge in [0.15, 0.2) is 5.69 Å². The van der Waals surface area contributed by atoms with Crippen molar-refractivity contribution in [1.29, 1.82) is 0 Å². The summed E-state index contributed by atoms with van der Waals surface area (Å²) in [5, 5.41) is 10.3. The zero-order chi connectivity index (χ0) is 16.8. The van der Waals surface area contributed by atoms with E-state index in [0.717, 1.165) is 14.9 Å². The fourth-order valence-corrected chi connectivity index (χ4v) is 2.78. The summed E-state index contributed by atoms with van der Waals surface area (Å²) < 4.78 is 41.1. The molecule has 0 aliphatic carbocycles. The molecule has 6 nitrogen and oxygen atoms in total. The maximum atomic E-state index is 13.1. The van der Waals surface area contributed by atoms with E-state index in [4.69, 9.17) is 11.6 Å². The number of hydrogen-bond acceptors (Lipinski definition) is 4. The normalized spacial score (nSPS) is 14.8. The van der Waals surface area contributed by atoms with Crippen molar-refractivity contribution in [2.24, 2.45) is 7.05 Å². The van der Waals surface area contributed by atoms with Crippen molar-refractivity contribution in [1.82, 2.24) is 24.9 Å². The molecule has 0 radical (unpaired) electrons. The van der Waals surface area contributed by atoms with Crippen molar-refractivity contribution in [2.45, 2.75) is 25.7 Å². The van der Waals surface area contributed by atoms with Gasteiger partial charge in [-0.25, -0.2) is 4.68 Å². The smallest absolute Gasteiger partial charge is 0.312 e. The maximum Gasteiger partial charge on any atom is 0.435 e. The molecule has 0 saturated carbocycles. The lowest BCUT2D eigenvalue weighted by Gasteiger charge is -2.17. The van der Waals surface area contributed by atoms with Gasteiger partial charge in [-0.1, -0.05) is 11.6 Å². The molecule has 0 unspecified atom stereocenters. The number of aromatic nitrogens is 4. The molecule has 2 aromatic heterocycles. The Balaban J connectivity index is 2.05. The van der Waals surface area contributed by atoms with Gasteiger partial charge in [-0.2, -0.15) is 23.4 Å². The molecule has 1 aliphatic heterocycles. The van der Waals surface area contributed by atoms with Crippen LogP contribution in [0.2, 0.25) is 5.15 Å². The topological polar surface area (TPSA) is 64.7 Å². The summed E-state index contributed by atoms with van der Waals surface area (Å²) in [5.41, 5.74) is -0.404. The monoisotopic (exact) mass is 347 g/mol. The highest BCUT2D eigenvalue weighted by atomic mass is 35.5. The average molecular weight is 348 g/mol. The Labute approximate surface area is 133 Å². The molecule has 0 aromatic carbocycles. The first-order valence-corrected chi connectivity index (χ1v) is 7.24. The van der Waals surface area contributed by atoms with Crippen molar-refractivity contribution in [3.8, 4) is 0 Å². The van der Waals surface area contributed by atoms with E-state index in [9.17, 15) is 18.0 Å². The molecule has 3 heterocycles. The predicted octanol–water partition coefficient (Wildman–Crippen LogP) is 1.34. The molecular weight excluding hydrogens is 335 g/mol. The lowest BCUT2D eigenvalue weighted by Crippen LogP contribution is -2.35. The summed E-state index contributed by atoms with van der Waals surface area (Å²) in [6.07, 6.45) is -2.63. The maximum absolute atomic E-state index is 13.1. The summed E-state index contributed by atoms with van der Waals surface area (Å²) >= 11 is 5.91. The Morgan fingerprint density at radius 3 is 2.87 bits per heavy atom. The zero-order valence-electron chi connectivity index (χ0n) is 12.1. The van der Waals surface area contributed by atoms with E-state index < -0.39 is 17.4 Å². The molecule has 0 fully saturated rings. The number of aryl methyl sites for hydroxylation is 1. The average Bonchev–Trinajstić information content (AvgIpc) is 2.78. The van der Waals surface area contributed by atoms with E-state index in [0.29, 0.717) is 25.1 Å². The van der Waals surface area contributed by atoms with Gasteiger partial charge in [0.05, 0.1) is 12.7 Å². The Morgan fingerprint density at radius 2 is 2.17 bits per heavy atom. The Morgan fingerprint density at radius 1 is 1.43 bits per heavy atom. The number of nitrogens with zero attached hydrogens (tertiary/aromatic N) is 4. The highest BCUT2D eigenvalue weighted by molar-refractivity contribution is 6.30. The summed E-state index contributed by atoms with van der Waals surface area (Å²) in [6, 6.07) is 0. The highest BCUT2D eigenvalue weighted by Gasteiger charge is 2.39. The minimum Gasteiger partial charge on any atom is -0.312 e. The third-order valence-corrected chi connectivity index (χ3v) is 4.22. The van der Waals surface area contributed by atoms with E-state index in [1.165, 1.54) is 13.2 Å². The highest BCUT2D eigenvalue weighted by Crippen LogP contribution is 2.34. The fourth-order valence-electron chi connectivity index (χ4n) is 2.60. The minimum absolute atomic E-state index is 0.162. The molecule has 0 bridgehead atoms. The Hall–Kier alpha value is -1.87. The van der Waals surface area contributed by atoms with Gasteiger partial charge in [-0.05, 0) is 18.5 Å². The number of rotatable bonds is 2. The van der Waals surface area contributed by atoms with Gasteiger partial charge in [-0.15, -0.1) is 0 Å². The summed E-state index contributed by atoms with van der Waals surface area (Å²) in [7, 11) is 1.32. The van der Waals surface area contributed by atoms with E-state index in [1.807, 2.05) is 0 Å². The number of alkyl halides is 3. The van der Waals surface area contributed by atoms with E-state index >= 15 is 0 Å². The molecule has 0 amide bonds. The van der Waals surface area contributed by atoms with Gasteiger partial charge in [0.1, 0.15) is 5.15 Å². The standard InChI is InChI=1S/C13H13ClF3N5O/c1-21-11(14)9(10(20-21)13(15,16)17)6-22-12(23)8-2-3-18-4-7(8)5-19-22/h5,18H,2-4,6H2,1H3. The Kier molecular flexibility index (Phi) is 3.93. The number of fused-ring (bicyclic) bond motifs is 1. The second kappa shape index (κ2) is 5.64. The zero-order valence-corrected chi connectivity index (χ0v) is 12.9. The molecule has 0 atom stereocenters. The van der Waals surface area contributed by atoms with Crippen molar-refractivity contribution < 1.29 is 13.2 Å². The lowest BCUT2D eigenvalue weighted by atomic mass is 10.1. The minimum atomic E-state index is -4.65. The summed E-state index contributed by atoms with van der Waals surface area (Å²) in [4.78, 5) is 12.4. The van der Waals surface area contributed by atoms with Crippen LogP contribution in [0.25, 0.3) is 0 Å². The number of hydrogen-bond donors (Lipinski definition) is 1. The van der Waals surface area contributed by atoms with Crippen LogP contribution in [0.4, 0.5) is 13.2 Å². The number of halogens is 4. The Bertz CT molecular complexity index is 811. The van der Waals surface area contributed by atoms with Gasteiger partial charge in [0, 0.05) is 24.7 Å². The number of nitrogens with one attached hydrogen (secondary N) is 1. The van der Waals surface area contributed by atoms with Gasteiger partial charge in [0.25, 0.3) is 5.56 Å². The largest absolute Gasteiger partial charge is 0.435 e. The van der Waals surface area contributed by atoms with Crippen molar-refractivity contribution in [2.75, 3.05) is 6.54 Å². The van der Waals surface area contributed by atoms with E-state index in [2.05, 4.69) is 15.5 Å². The summed E-state index contributed by atoms with van der Waals surface area (Å²) in [6.45, 7) is 0.800. The lowest BCUT2D eigenvalue weighted by molar-refractivity contribution is -0.142. The fraction of sp³-hybridized carbons (Fsp3) is 0.462. The molecule has 124 valence electrons. The van der Waals surface area contributed by atoms with Crippen LogP contribution in [-0.4, -0.2) is 26.1 Å². The molecule has 0 saturated heterocycles. The van der Waals surface area contributed by atoms with E-state index in [-0.39, 0.29) is 17.3 Å². The predicted molar refractivity (Wildman–Crippen MR) is 76.2 cm³/mol. The summed E-state index contributed by atoms with van der Waals surface area (Å²) in [5.74, 6) is 0. The van der Waals surface area contributed by atoms with Crippen LogP contribution in [0.5, 0.6) is 0 Å². The first-order chi connectivity index (χ1) is 10.8. The van der Waals surface area contributed by atoms with E-state index in [1.54, 1.807) is 0 Å². The molecule has 1 aliphatic rings. The molecule has 10 heteroatoms. The molecule has 23 heavy (non-hydrogen) atoms. The van der Waals surface area contributed by atoms with Crippen LogP contribution in [0, 0.1) is 0 Å². The van der Waals surface area contributed by atoms with Crippen LogP contribution >= 0.6 is 11.6 Å². The van der Waals surface area contributed by atoms with Gasteiger partial charge in [0.2, 0.25) is 0 Å². The van der Waals surface area contributed by atoms with Crippen LogP contribution in [0.15, 0.2) is 11.0 Å². The van der Waals surface area contributed by atoms with Crippen LogP contribution in [0.3, 0.4) is 0 Å². The van der Waals surface area contributed by atoms with Crippen molar-refractivity contribution in [3.05, 3.63) is 44.1 Å². The molecule has 0 spiro atoms. The van der Waals surface area contributed by atoms with Crippen LogP contribution in [-0.2, 0) is 32.7 Å². The first kappa shape index (κ1) is 16.0. The van der Waals surface area contributed by atoms with Crippen LogP contribution in [0.1, 0.15) is 22.4 Å². The molecular formula is C13H13ClF3N5O. The first-order valence-electron chi connectivity index (χ1n) is 6.86. The van der Waals surface area contributed by atoms with Crippen LogP contribution < -0.4 is 10.9 Å². The quantitative estimate of drug-likeness (QED) is 0.890. The van der Waals surface area contributed by atoms with Gasteiger partial charge >= 0.3 is 6.18 Å². The SMILES string of the molecule is Cn1nc(C(F)(F)F)c(Cn2ncc3c(c2=O)CCNC3)c1Cl. The van der Waals surface area contributed by atoms with Gasteiger partial charge < -0.3 is 5.32 Å². The second-order valence-corrected chi connectivity index (χ2v) is 5.64. The molecule has 1 N–H and O–H groups in total. The third-order valence-electron chi connectivity index (χ3n) is 3.75. The van der Waals surface area contributed by atoms with Gasteiger partial charge in [-0.3, -0.25) is 9.48 Å². The molecule has 2 aromatic rings. The third kappa shape index (κ3) is 2.86.